The molecule has 6 heteroatoms. The Bertz CT molecular complexity index is 659. The number of fused-ring (bicyclic) bond motifs is 1. The van der Waals surface area contributed by atoms with E-state index in [-0.39, 0.29) is 18.5 Å². The van der Waals surface area contributed by atoms with Gasteiger partial charge in [-0.1, -0.05) is 49.2 Å². The van der Waals surface area contributed by atoms with E-state index in [1.165, 1.54) is 37.0 Å². The minimum Gasteiger partial charge on any atom is -0.456 e. The molecule has 0 spiro atoms. The van der Waals surface area contributed by atoms with Crippen molar-refractivity contribution in [3.05, 3.63) is 24.3 Å². The molecule has 2 aromatic rings. The normalized spacial score (nSPS) is 15.0. The Kier molecular flexibility index (Phi) is 5.23. The van der Waals surface area contributed by atoms with Gasteiger partial charge in [0.2, 0.25) is 0 Å². The smallest absolute Gasteiger partial charge is 0.306 e. The molecule has 0 atom stereocenters. The number of hydrogen-bond donors (Lipinski definition) is 1. The molecule has 1 fully saturated rings. The first-order valence-corrected chi connectivity index (χ1v) is 8.83. The largest absolute Gasteiger partial charge is 0.456 e. The summed E-state index contributed by atoms with van der Waals surface area (Å²) in [6.07, 6.45) is 6.24. The Hall–Kier alpha value is -1.95. The zero-order chi connectivity index (χ0) is 16.1. The van der Waals surface area contributed by atoms with Crippen LogP contribution in [0, 0.1) is 5.92 Å². The number of esters is 1. The first kappa shape index (κ1) is 15.9. The van der Waals surface area contributed by atoms with E-state index in [4.69, 9.17) is 4.74 Å². The van der Waals surface area contributed by atoms with Gasteiger partial charge in [0.25, 0.3) is 5.91 Å². The fourth-order valence-corrected chi connectivity index (χ4v) is 3.80. The zero-order valence-corrected chi connectivity index (χ0v) is 13.7. The van der Waals surface area contributed by atoms with Crippen molar-refractivity contribution in [2.75, 3.05) is 11.9 Å². The van der Waals surface area contributed by atoms with Crippen LogP contribution < -0.4 is 5.32 Å². The SMILES string of the molecule is O=C(COC(=O)CCC1CCCC1)Nc1nc2ccccc2s1. The van der Waals surface area contributed by atoms with Gasteiger partial charge in [0.05, 0.1) is 10.2 Å². The van der Waals surface area contributed by atoms with Gasteiger partial charge in [0, 0.05) is 6.42 Å². The van der Waals surface area contributed by atoms with Crippen molar-refractivity contribution in [1.29, 1.82) is 0 Å². The van der Waals surface area contributed by atoms with Crippen LogP contribution in [0.5, 0.6) is 0 Å². The molecule has 1 heterocycles. The van der Waals surface area contributed by atoms with E-state index >= 15 is 0 Å². The average Bonchev–Trinajstić information content (AvgIpc) is 3.19. The Morgan fingerprint density at radius 1 is 1.26 bits per heavy atom. The number of aromatic nitrogens is 1. The van der Waals surface area contributed by atoms with Crippen LogP contribution in [0.3, 0.4) is 0 Å². The first-order chi connectivity index (χ1) is 11.2. The van der Waals surface area contributed by atoms with Crippen molar-refractivity contribution in [1.82, 2.24) is 4.98 Å². The topological polar surface area (TPSA) is 68.3 Å². The first-order valence-electron chi connectivity index (χ1n) is 8.02. The maximum Gasteiger partial charge on any atom is 0.306 e. The second kappa shape index (κ2) is 7.55. The molecular formula is C17H20N2O3S. The van der Waals surface area contributed by atoms with Gasteiger partial charge in [-0.2, -0.15) is 0 Å². The predicted octanol–water partition coefficient (Wildman–Crippen LogP) is 3.75. The third kappa shape index (κ3) is 4.51. The third-order valence-corrected chi connectivity index (χ3v) is 5.09. The van der Waals surface area contributed by atoms with Crippen molar-refractivity contribution in [3.63, 3.8) is 0 Å². The lowest BCUT2D eigenvalue weighted by Gasteiger charge is -2.08. The standard InChI is InChI=1S/C17H20N2O3S/c20-15(11-22-16(21)10-9-12-5-1-2-6-12)19-17-18-13-7-3-4-8-14(13)23-17/h3-4,7-8,12H,1-2,5-6,9-11H2,(H,18,19,20). The van der Waals surface area contributed by atoms with Crippen LogP contribution in [0.1, 0.15) is 38.5 Å². The van der Waals surface area contributed by atoms with Gasteiger partial charge in [0.15, 0.2) is 11.7 Å². The van der Waals surface area contributed by atoms with Crippen LogP contribution in [-0.2, 0) is 14.3 Å². The summed E-state index contributed by atoms with van der Waals surface area (Å²) in [6, 6.07) is 7.67. The molecule has 122 valence electrons. The Morgan fingerprint density at radius 3 is 2.83 bits per heavy atom. The number of thiazole rings is 1. The highest BCUT2D eigenvalue weighted by Crippen LogP contribution is 2.28. The number of anilines is 1. The number of hydrogen-bond acceptors (Lipinski definition) is 5. The van der Waals surface area contributed by atoms with E-state index in [0.717, 1.165) is 16.6 Å². The summed E-state index contributed by atoms with van der Waals surface area (Å²) in [5.74, 6) is 0.00810. The monoisotopic (exact) mass is 332 g/mol. The molecule has 0 aliphatic heterocycles. The van der Waals surface area contributed by atoms with Gasteiger partial charge in [-0.05, 0) is 24.5 Å². The van der Waals surface area contributed by atoms with Gasteiger partial charge in [-0.25, -0.2) is 4.98 Å². The fraction of sp³-hybridized carbons (Fsp3) is 0.471. The fourth-order valence-electron chi connectivity index (χ4n) is 2.92. The van der Waals surface area contributed by atoms with Crippen molar-refractivity contribution < 1.29 is 14.3 Å². The third-order valence-electron chi connectivity index (χ3n) is 4.14. The number of carbonyl (C=O) groups is 2. The number of nitrogens with one attached hydrogen (secondary N) is 1. The van der Waals surface area contributed by atoms with E-state index in [0.29, 0.717) is 17.5 Å². The molecule has 1 aromatic carbocycles. The molecule has 0 unspecified atom stereocenters. The number of amides is 1. The van der Waals surface area contributed by atoms with Crippen molar-refractivity contribution >= 4 is 38.6 Å². The minimum absolute atomic E-state index is 0.251. The molecule has 1 aliphatic carbocycles. The Morgan fingerprint density at radius 2 is 2.04 bits per heavy atom. The van der Waals surface area contributed by atoms with Crippen LogP contribution >= 0.6 is 11.3 Å². The van der Waals surface area contributed by atoms with Gasteiger partial charge in [0.1, 0.15) is 0 Å². The lowest BCUT2D eigenvalue weighted by atomic mass is 10.0. The van der Waals surface area contributed by atoms with Crippen LogP contribution in [-0.4, -0.2) is 23.5 Å². The van der Waals surface area contributed by atoms with Gasteiger partial charge >= 0.3 is 5.97 Å². The Balaban J connectivity index is 1.41. The van der Waals surface area contributed by atoms with Crippen molar-refractivity contribution in [2.45, 2.75) is 38.5 Å². The number of benzene rings is 1. The van der Waals surface area contributed by atoms with E-state index in [1.54, 1.807) is 0 Å². The van der Waals surface area contributed by atoms with Crippen molar-refractivity contribution in [2.24, 2.45) is 5.92 Å². The minimum atomic E-state index is -0.349. The molecule has 0 radical (unpaired) electrons. The predicted molar refractivity (Wildman–Crippen MR) is 90.4 cm³/mol. The zero-order valence-electron chi connectivity index (χ0n) is 12.9. The number of para-hydroxylation sites is 1. The van der Waals surface area contributed by atoms with Crippen LogP contribution in [0.4, 0.5) is 5.13 Å². The summed E-state index contributed by atoms with van der Waals surface area (Å²) in [5, 5.41) is 3.20. The molecule has 1 saturated carbocycles. The molecular weight excluding hydrogens is 312 g/mol. The molecule has 1 aliphatic rings. The van der Waals surface area contributed by atoms with Gasteiger partial charge in [-0.3, -0.25) is 14.9 Å². The molecule has 1 N–H and O–H groups in total. The second-order valence-electron chi connectivity index (χ2n) is 5.88. The van der Waals surface area contributed by atoms with E-state index in [2.05, 4.69) is 10.3 Å². The molecule has 5 nitrogen and oxygen atoms in total. The summed E-state index contributed by atoms with van der Waals surface area (Å²) in [7, 11) is 0. The molecule has 0 bridgehead atoms. The number of carbonyl (C=O) groups excluding carboxylic acids is 2. The number of ether oxygens (including phenoxy) is 1. The summed E-state index contributed by atoms with van der Waals surface area (Å²) in [6.45, 7) is -0.251. The molecule has 3 rings (SSSR count). The van der Waals surface area contributed by atoms with Crippen LogP contribution in [0.15, 0.2) is 24.3 Å². The molecule has 1 aromatic heterocycles. The lowest BCUT2D eigenvalue weighted by Crippen LogP contribution is -2.20. The maximum absolute atomic E-state index is 11.8. The van der Waals surface area contributed by atoms with E-state index in [1.807, 2.05) is 24.3 Å². The highest BCUT2D eigenvalue weighted by molar-refractivity contribution is 7.22. The number of rotatable bonds is 6. The van der Waals surface area contributed by atoms with E-state index in [9.17, 15) is 9.59 Å². The summed E-state index contributed by atoms with van der Waals surface area (Å²) < 4.78 is 6.05. The van der Waals surface area contributed by atoms with Crippen LogP contribution in [0.2, 0.25) is 0 Å². The highest BCUT2D eigenvalue weighted by Gasteiger charge is 2.17. The lowest BCUT2D eigenvalue weighted by molar-refractivity contribution is -0.147. The van der Waals surface area contributed by atoms with Crippen LogP contribution in [0.25, 0.3) is 10.2 Å². The highest BCUT2D eigenvalue weighted by atomic mass is 32.1. The van der Waals surface area contributed by atoms with Gasteiger partial charge < -0.3 is 4.74 Å². The average molecular weight is 332 g/mol. The Labute approximate surface area is 139 Å². The summed E-state index contributed by atoms with van der Waals surface area (Å²) >= 11 is 1.40. The molecule has 1 amide bonds. The summed E-state index contributed by atoms with van der Waals surface area (Å²) in [4.78, 5) is 27.8. The second-order valence-corrected chi connectivity index (χ2v) is 6.92. The maximum atomic E-state index is 11.8. The summed E-state index contributed by atoms with van der Waals surface area (Å²) in [5.41, 5.74) is 0.848. The van der Waals surface area contributed by atoms with Gasteiger partial charge in [-0.15, -0.1) is 0 Å². The molecule has 0 saturated heterocycles. The van der Waals surface area contributed by atoms with E-state index < -0.39 is 0 Å². The quantitative estimate of drug-likeness (QED) is 0.818. The molecule has 23 heavy (non-hydrogen) atoms. The van der Waals surface area contributed by atoms with Crippen molar-refractivity contribution in [3.8, 4) is 0 Å². The number of nitrogens with zero attached hydrogens (tertiary/aromatic N) is 1.